The van der Waals surface area contributed by atoms with E-state index in [1.807, 2.05) is 4.90 Å². The monoisotopic (exact) mass is 445 g/mol. The molecule has 3 rings (SSSR count). The molecule has 1 saturated heterocycles. The van der Waals surface area contributed by atoms with Gasteiger partial charge in [0.05, 0.1) is 11.1 Å². The van der Waals surface area contributed by atoms with Gasteiger partial charge >= 0.3 is 18.3 Å². The van der Waals surface area contributed by atoms with Crippen molar-refractivity contribution in [2.45, 2.75) is 44.2 Å². The predicted molar refractivity (Wildman–Crippen MR) is 101 cm³/mol. The molecular weight excluding hydrogens is 424 g/mol. The van der Waals surface area contributed by atoms with E-state index >= 15 is 0 Å². The van der Waals surface area contributed by atoms with E-state index in [-0.39, 0.29) is 18.4 Å². The Morgan fingerprint density at radius 2 is 1.42 bits per heavy atom. The molecule has 0 amide bonds. The normalized spacial score (nSPS) is 20.6. The van der Waals surface area contributed by atoms with E-state index in [9.17, 15) is 31.1 Å². The second kappa shape index (κ2) is 8.90. The molecule has 3 nitrogen and oxygen atoms in total. The van der Waals surface area contributed by atoms with Crippen molar-refractivity contribution in [3.8, 4) is 0 Å². The molecule has 0 spiro atoms. The quantitative estimate of drug-likeness (QED) is 0.561. The van der Waals surface area contributed by atoms with Gasteiger partial charge in [-0.1, -0.05) is 24.3 Å². The fourth-order valence-corrected chi connectivity index (χ4v) is 3.98. The van der Waals surface area contributed by atoms with Crippen LogP contribution < -0.4 is 0 Å². The minimum atomic E-state index is -4.46. The lowest BCUT2D eigenvalue weighted by Crippen LogP contribution is -2.37. The van der Waals surface area contributed by atoms with E-state index in [2.05, 4.69) is 0 Å². The number of rotatable bonds is 5. The maximum atomic E-state index is 12.9. The number of nitrogens with zero attached hydrogens (tertiary/aromatic N) is 1. The molecule has 2 atom stereocenters. The van der Waals surface area contributed by atoms with Crippen LogP contribution in [0.4, 0.5) is 26.3 Å². The molecule has 0 saturated carbocycles. The van der Waals surface area contributed by atoms with Crippen LogP contribution in [-0.2, 0) is 23.7 Å². The van der Waals surface area contributed by atoms with Gasteiger partial charge in [-0.2, -0.15) is 26.3 Å². The summed E-state index contributed by atoms with van der Waals surface area (Å²) in [7, 11) is 0. The highest BCUT2D eigenvalue weighted by molar-refractivity contribution is 5.67. The molecule has 2 aromatic carbocycles. The first-order chi connectivity index (χ1) is 14.4. The van der Waals surface area contributed by atoms with Crippen molar-refractivity contribution in [1.29, 1.82) is 0 Å². The van der Waals surface area contributed by atoms with Gasteiger partial charge in [0.2, 0.25) is 0 Å². The van der Waals surface area contributed by atoms with Crippen LogP contribution >= 0.6 is 0 Å². The fourth-order valence-electron chi connectivity index (χ4n) is 3.98. The number of alkyl halides is 6. The summed E-state index contributed by atoms with van der Waals surface area (Å²) >= 11 is 0. The highest BCUT2D eigenvalue weighted by Gasteiger charge is 2.34. The number of benzene rings is 2. The van der Waals surface area contributed by atoms with Gasteiger partial charge in [-0.05, 0) is 60.7 Å². The molecule has 0 aromatic heterocycles. The minimum Gasteiger partial charge on any atom is -0.481 e. The molecule has 0 radical (unpaired) electrons. The molecule has 1 heterocycles. The number of halogens is 6. The summed E-state index contributed by atoms with van der Waals surface area (Å²) < 4.78 is 77.0. The van der Waals surface area contributed by atoms with Gasteiger partial charge in [-0.3, -0.25) is 9.69 Å². The number of likely N-dealkylation sites (tertiary alicyclic amines) is 1. The van der Waals surface area contributed by atoms with Crippen molar-refractivity contribution in [3.05, 3.63) is 70.8 Å². The van der Waals surface area contributed by atoms with Gasteiger partial charge < -0.3 is 5.11 Å². The lowest BCUT2D eigenvalue weighted by Gasteiger charge is -2.39. The van der Waals surface area contributed by atoms with Crippen LogP contribution in [-0.4, -0.2) is 22.5 Å². The second-order valence-corrected chi connectivity index (χ2v) is 7.79. The van der Waals surface area contributed by atoms with Gasteiger partial charge in [0.15, 0.2) is 0 Å². The van der Waals surface area contributed by atoms with Gasteiger partial charge in [0, 0.05) is 19.0 Å². The van der Waals surface area contributed by atoms with Crippen molar-refractivity contribution in [2.75, 3.05) is 6.54 Å². The molecule has 1 N–H and O–H groups in total. The maximum Gasteiger partial charge on any atom is 0.416 e. The summed E-state index contributed by atoms with van der Waals surface area (Å²) in [5.74, 6) is -1.07. The van der Waals surface area contributed by atoms with Crippen LogP contribution in [0.1, 0.15) is 47.6 Å². The number of carboxylic acids is 1. The third-order valence-corrected chi connectivity index (χ3v) is 5.57. The maximum absolute atomic E-state index is 12.9. The number of carbonyl (C=O) groups is 1. The van der Waals surface area contributed by atoms with Gasteiger partial charge in [-0.25, -0.2) is 0 Å². The lowest BCUT2D eigenvalue weighted by atomic mass is 9.84. The topological polar surface area (TPSA) is 40.5 Å². The number of hydrogen-bond acceptors (Lipinski definition) is 2. The molecule has 1 aliphatic rings. The van der Waals surface area contributed by atoms with Crippen LogP contribution in [0.25, 0.3) is 0 Å². The third kappa shape index (κ3) is 6.00. The SMILES string of the molecule is O=C(O)CC1CCN(Cc2ccc(C(F)(F)F)cc2)C(c2ccc(C(F)(F)F)cc2)C1. The lowest BCUT2D eigenvalue weighted by molar-refractivity contribution is -0.139. The van der Waals surface area contributed by atoms with Crippen LogP contribution in [0.5, 0.6) is 0 Å². The highest BCUT2D eigenvalue weighted by Crippen LogP contribution is 2.38. The molecule has 0 aliphatic carbocycles. The van der Waals surface area contributed by atoms with Crippen molar-refractivity contribution >= 4 is 5.97 Å². The molecule has 9 heteroatoms. The number of piperidine rings is 1. The van der Waals surface area contributed by atoms with Gasteiger partial charge in [0.25, 0.3) is 0 Å². The Kier molecular flexibility index (Phi) is 6.64. The van der Waals surface area contributed by atoms with Crippen LogP contribution in [0.15, 0.2) is 48.5 Å². The first-order valence-electron chi connectivity index (χ1n) is 9.72. The average molecular weight is 445 g/mol. The fraction of sp³-hybridized carbons (Fsp3) is 0.409. The van der Waals surface area contributed by atoms with Gasteiger partial charge in [-0.15, -0.1) is 0 Å². The van der Waals surface area contributed by atoms with E-state index in [4.69, 9.17) is 5.11 Å². The minimum absolute atomic E-state index is 0.0365. The summed E-state index contributed by atoms with van der Waals surface area (Å²) in [6.07, 6.45) is -7.90. The first kappa shape index (κ1) is 23.1. The van der Waals surface area contributed by atoms with Crippen molar-refractivity contribution in [1.82, 2.24) is 4.90 Å². The Hall–Kier alpha value is -2.55. The van der Waals surface area contributed by atoms with Crippen molar-refractivity contribution in [2.24, 2.45) is 5.92 Å². The zero-order valence-corrected chi connectivity index (χ0v) is 16.4. The van der Waals surface area contributed by atoms with Crippen molar-refractivity contribution < 1.29 is 36.2 Å². The highest BCUT2D eigenvalue weighted by atomic mass is 19.4. The Bertz CT molecular complexity index is 890. The molecule has 2 aromatic rings. The van der Waals surface area contributed by atoms with Crippen LogP contribution in [0.3, 0.4) is 0 Å². The standard InChI is InChI=1S/C22H21F6NO2/c23-21(24,25)17-5-1-14(2-6-17)13-29-10-9-15(12-20(30)31)11-19(29)16-3-7-18(8-4-16)22(26,27)28/h1-8,15,19H,9-13H2,(H,30,31). The van der Waals surface area contributed by atoms with Crippen LogP contribution in [0.2, 0.25) is 0 Å². The Morgan fingerprint density at radius 3 is 1.90 bits per heavy atom. The van der Waals surface area contributed by atoms with E-state index in [0.717, 1.165) is 24.3 Å². The van der Waals surface area contributed by atoms with E-state index < -0.39 is 29.4 Å². The Morgan fingerprint density at radius 1 is 0.903 bits per heavy atom. The molecule has 2 unspecified atom stereocenters. The Balaban J connectivity index is 1.82. The largest absolute Gasteiger partial charge is 0.481 e. The molecule has 0 bridgehead atoms. The van der Waals surface area contributed by atoms with E-state index in [1.165, 1.54) is 24.3 Å². The number of hydrogen-bond donors (Lipinski definition) is 1. The van der Waals surface area contributed by atoms with Crippen LogP contribution in [0, 0.1) is 5.92 Å². The summed E-state index contributed by atoms with van der Waals surface area (Å²) in [5, 5.41) is 9.11. The van der Waals surface area contributed by atoms with Gasteiger partial charge in [0.1, 0.15) is 0 Å². The molecule has 1 aliphatic heterocycles. The zero-order chi connectivity index (χ0) is 22.8. The smallest absolute Gasteiger partial charge is 0.416 e. The third-order valence-electron chi connectivity index (χ3n) is 5.57. The predicted octanol–water partition coefficient (Wildman–Crippen LogP) is 6.15. The van der Waals surface area contributed by atoms with E-state index in [0.29, 0.717) is 37.1 Å². The molecule has 168 valence electrons. The first-order valence-corrected chi connectivity index (χ1v) is 9.72. The molecular formula is C22H21F6NO2. The number of carboxylic acid groups (broad SMARTS) is 1. The Labute approximate surface area is 175 Å². The summed E-state index contributed by atoms with van der Waals surface area (Å²) in [4.78, 5) is 13.1. The summed E-state index contributed by atoms with van der Waals surface area (Å²) in [6.45, 7) is 0.800. The molecule has 31 heavy (non-hydrogen) atoms. The van der Waals surface area contributed by atoms with E-state index in [1.54, 1.807) is 0 Å². The summed E-state index contributed by atoms with van der Waals surface area (Å²) in [5.41, 5.74) is -0.268. The average Bonchev–Trinajstić information content (AvgIpc) is 2.68. The van der Waals surface area contributed by atoms with Crippen molar-refractivity contribution in [3.63, 3.8) is 0 Å². The second-order valence-electron chi connectivity index (χ2n) is 7.79. The summed E-state index contributed by atoms with van der Waals surface area (Å²) in [6, 6.07) is 9.19. The number of aliphatic carboxylic acids is 1. The molecule has 1 fully saturated rings. The zero-order valence-electron chi connectivity index (χ0n) is 16.4.